The molecule has 0 aliphatic heterocycles. The highest BCUT2D eigenvalue weighted by Crippen LogP contribution is 2.23. The molecule has 0 atom stereocenters. The van der Waals surface area contributed by atoms with Crippen LogP contribution >= 0.6 is 15.9 Å². The van der Waals surface area contributed by atoms with Gasteiger partial charge in [0.25, 0.3) is 0 Å². The van der Waals surface area contributed by atoms with Gasteiger partial charge in [0.05, 0.1) is 17.5 Å². The van der Waals surface area contributed by atoms with Crippen LogP contribution in [0.1, 0.15) is 16.1 Å². The van der Waals surface area contributed by atoms with E-state index in [2.05, 4.69) is 26.5 Å². The van der Waals surface area contributed by atoms with Gasteiger partial charge in [-0.2, -0.15) is 5.10 Å². The van der Waals surface area contributed by atoms with Crippen molar-refractivity contribution in [3.8, 4) is 11.3 Å². The van der Waals surface area contributed by atoms with E-state index in [1.54, 1.807) is 24.3 Å². The zero-order chi connectivity index (χ0) is 16.9. The van der Waals surface area contributed by atoms with Crippen molar-refractivity contribution in [3.63, 3.8) is 0 Å². The number of hydrogen-bond donors (Lipinski definition) is 2. The Kier molecular flexibility index (Phi) is 4.77. The number of nitrogens with zero attached hydrogens (tertiary/aromatic N) is 1. The smallest absolute Gasteiger partial charge is 0.337 e. The zero-order valence-corrected chi connectivity index (χ0v) is 14.0. The minimum Gasteiger partial charge on any atom is -0.478 e. The van der Waals surface area contributed by atoms with Crippen molar-refractivity contribution in [1.29, 1.82) is 0 Å². The Bertz CT molecular complexity index is 885. The highest BCUT2D eigenvalue weighted by Gasteiger charge is 2.08. The Morgan fingerprint density at radius 2 is 1.83 bits per heavy atom. The van der Waals surface area contributed by atoms with Crippen LogP contribution in [0.3, 0.4) is 0 Å². The molecule has 0 aliphatic carbocycles. The highest BCUT2D eigenvalue weighted by molar-refractivity contribution is 9.10. The summed E-state index contributed by atoms with van der Waals surface area (Å²) in [5, 5.41) is 13.2. The second-order valence-corrected chi connectivity index (χ2v) is 5.85. The fourth-order valence-electron chi connectivity index (χ4n) is 2.12. The van der Waals surface area contributed by atoms with E-state index in [1.165, 1.54) is 12.3 Å². The van der Waals surface area contributed by atoms with E-state index >= 15 is 0 Å². The van der Waals surface area contributed by atoms with E-state index < -0.39 is 5.97 Å². The van der Waals surface area contributed by atoms with Crippen LogP contribution < -0.4 is 5.43 Å². The second kappa shape index (κ2) is 7.14. The summed E-state index contributed by atoms with van der Waals surface area (Å²) < 4.78 is 6.71. The Labute approximate surface area is 146 Å². The molecule has 0 spiro atoms. The maximum atomic E-state index is 11.1. The van der Waals surface area contributed by atoms with Gasteiger partial charge in [0.2, 0.25) is 0 Å². The third-order valence-corrected chi connectivity index (χ3v) is 3.82. The molecule has 1 aromatic heterocycles. The molecule has 3 aromatic rings. The summed E-state index contributed by atoms with van der Waals surface area (Å²) in [6.07, 6.45) is 1.50. The molecule has 120 valence electrons. The van der Waals surface area contributed by atoms with Crippen molar-refractivity contribution in [2.24, 2.45) is 5.10 Å². The van der Waals surface area contributed by atoms with Crippen molar-refractivity contribution in [1.82, 2.24) is 0 Å². The van der Waals surface area contributed by atoms with Crippen molar-refractivity contribution < 1.29 is 14.3 Å². The minimum atomic E-state index is -1.01. The van der Waals surface area contributed by atoms with Gasteiger partial charge in [-0.15, -0.1) is 0 Å². The van der Waals surface area contributed by atoms with Gasteiger partial charge in [0.1, 0.15) is 11.5 Å². The lowest BCUT2D eigenvalue weighted by Crippen LogP contribution is -2.01. The molecule has 0 saturated carbocycles. The molecule has 0 bridgehead atoms. The van der Waals surface area contributed by atoms with Crippen LogP contribution in [0.2, 0.25) is 0 Å². The molecule has 0 radical (unpaired) electrons. The molecule has 0 aliphatic rings. The molecule has 0 saturated heterocycles. The van der Waals surface area contributed by atoms with Crippen molar-refractivity contribution in [3.05, 3.63) is 76.5 Å². The van der Waals surface area contributed by atoms with Gasteiger partial charge < -0.3 is 9.52 Å². The number of rotatable bonds is 5. The molecule has 2 aromatic carbocycles. The van der Waals surface area contributed by atoms with Crippen molar-refractivity contribution >= 4 is 33.8 Å². The average Bonchev–Trinajstić information content (AvgIpc) is 3.05. The van der Waals surface area contributed by atoms with Crippen LogP contribution in [-0.2, 0) is 0 Å². The van der Waals surface area contributed by atoms with Gasteiger partial charge in [-0.1, -0.05) is 40.2 Å². The predicted octanol–water partition coefficient (Wildman–Crippen LogP) is 4.85. The van der Waals surface area contributed by atoms with E-state index in [-0.39, 0.29) is 5.56 Å². The monoisotopic (exact) mass is 384 g/mol. The number of benzene rings is 2. The highest BCUT2D eigenvalue weighted by atomic mass is 79.9. The normalized spacial score (nSPS) is 10.9. The molecule has 3 rings (SSSR count). The van der Waals surface area contributed by atoms with E-state index in [0.29, 0.717) is 11.4 Å². The van der Waals surface area contributed by atoms with Gasteiger partial charge >= 0.3 is 5.97 Å². The standard InChI is InChI=1S/C18H13BrN2O3/c19-13-7-5-12(6-8-13)17-10-9-14(24-17)11-20-21-16-4-2-1-3-15(16)18(22)23/h1-11,21H,(H,22,23)/b20-11+. The zero-order valence-electron chi connectivity index (χ0n) is 12.4. The average molecular weight is 385 g/mol. The first kappa shape index (κ1) is 16.0. The van der Waals surface area contributed by atoms with Gasteiger partial charge in [-0.3, -0.25) is 5.43 Å². The van der Waals surface area contributed by atoms with Crippen molar-refractivity contribution in [2.45, 2.75) is 0 Å². The summed E-state index contributed by atoms with van der Waals surface area (Å²) in [5.41, 5.74) is 4.26. The van der Waals surface area contributed by atoms with Crippen LogP contribution in [0.4, 0.5) is 5.69 Å². The number of hydrogen-bond acceptors (Lipinski definition) is 4. The van der Waals surface area contributed by atoms with Crippen LogP contribution in [0.5, 0.6) is 0 Å². The number of carbonyl (C=O) groups is 1. The molecular weight excluding hydrogens is 372 g/mol. The first-order valence-electron chi connectivity index (χ1n) is 7.10. The molecule has 0 amide bonds. The number of para-hydroxylation sites is 1. The van der Waals surface area contributed by atoms with Gasteiger partial charge in [0.15, 0.2) is 0 Å². The third kappa shape index (κ3) is 3.72. The Balaban J connectivity index is 1.72. The minimum absolute atomic E-state index is 0.157. The molecule has 1 heterocycles. The molecule has 0 fully saturated rings. The summed E-state index contributed by atoms with van der Waals surface area (Å²) in [5.74, 6) is 0.284. The fourth-order valence-corrected chi connectivity index (χ4v) is 2.39. The molecule has 24 heavy (non-hydrogen) atoms. The predicted molar refractivity (Wildman–Crippen MR) is 96.5 cm³/mol. The van der Waals surface area contributed by atoms with Gasteiger partial charge in [-0.25, -0.2) is 4.79 Å². The van der Waals surface area contributed by atoms with E-state index in [1.807, 2.05) is 30.3 Å². The van der Waals surface area contributed by atoms with E-state index in [4.69, 9.17) is 9.52 Å². The number of anilines is 1. The van der Waals surface area contributed by atoms with Crippen LogP contribution in [0.15, 0.2) is 74.7 Å². The largest absolute Gasteiger partial charge is 0.478 e. The summed E-state index contributed by atoms with van der Waals surface area (Å²) in [7, 11) is 0. The lowest BCUT2D eigenvalue weighted by Gasteiger charge is -2.03. The Morgan fingerprint density at radius 3 is 2.58 bits per heavy atom. The number of hydrazone groups is 1. The summed E-state index contributed by atoms with van der Waals surface area (Å²) in [4.78, 5) is 11.1. The first-order valence-corrected chi connectivity index (χ1v) is 7.90. The van der Waals surface area contributed by atoms with Crippen molar-refractivity contribution in [2.75, 3.05) is 5.43 Å². The van der Waals surface area contributed by atoms with E-state index in [0.717, 1.165) is 15.8 Å². The molecular formula is C18H13BrN2O3. The number of nitrogens with one attached hydrogen (secondary N) is 1. The number of halogens is 1. The number of carboxylic acid groups (broad SMARTS) is 1. The molecule has 2 N–H and O–H groups in total. The maximum absolute atomic E-state index is 11.1. The number of carboxylic acids is 1. The van der Waals surface area contributed by atoms with Gasteiger partial charge in [0, 0.05) is 10.0 Å². The molecule has 5 nitrogen and oxygen atoms in total. The van der Waals surface area contributed by atoms with Crippen LogP contribution in [-0.4, -0.2) is 17.3 Å². The fraction of sp³-hybridized carbons (Fsp3) is 0. The third-order valence-electron chi connectivity index (χ3n) is 3.29. The van der Waals surface area contributed by atoms with E-state index in [9.17, 15) is 4.79 Å². The van der Waals surface area contributed by atoms with Crippen LogP contribution in [0, 0.1) is 0 Å². The van der Waals surface area contributed by atoms with Gasteiger partial charge in [-0.05, 0) is 36.4 Å². The Hall–Kier alpha value is -2.86. The summed E-state index contributed by atoms with van der Waals surface area (Å²) in [6.45, 7) is 0. The summed E-state index contributed by atoms with van der Waals surface area (Å²) >= 11 is 3.39. The van der Waals surface area contributed by atoms with Crippen LogP contribution in [0.25, 0.3) is 11.3 Å². The SMILES string of the molecule is O=C(O)c1ccccc1N/N=C/c1ccc(-c2ccc(Br)cc2)o1. The molecule has 6 heteroatoms. The molecule has 0 unspecified atom stereocenters. The first-order chi connectivity index (χ1) is 11.6. The number of furan rings is 1. The number of aromatic carboxylic acids is 1. The quantitative estimate of drug-likeness (QED) is 0.486. The summed E-state index contributed by atoms with van der Waals surface area (Å²) in [6, 6.07) is 18.0. The topological polar surface area (TPSA) is 74.8 Å². The Morgan fingerprint density at radius 1 is 1.08 bits per heavy atom. The maximum Gasteiger partial charge on any atom is 0.337 e. The second-order valence-electron chi connectivity index (χ2n) is 4.93. The lowest BCUT2D eigenvalue weighted by atomic mass is 10.2. The lowest BCUT2D eigenvalue weighted by molar-refractivity contribution is 0.0698.